The van der Waals surface area contributed by atoms with Gasteiger partial charge in [-0.25, -0.2) is 4.79 Å². The Hall–Kier alpha value is -2.70. The molecule has 0 aliphatic carbocycles. The lowest BCUT2D eigenvalue weighted by atomic mass is 10.1. The van der Waals surface area contributed by atoms with Crippen LogP contribution in [0.4, 0.5) is 13.2 Å². The van der Waals surface area contributed by atoms with Crippen molar-refractivity contribution in [2.45, 2.75) is 6.18 Å². The number of nitrogens with one attached hydrogen (secondary N) is 1. The number of carboxylic acids is 1. The number of hydrogen-bond donors (Lipinski definition) is 2. The van der Waals surface area contributed by atoms with Gasteiger partial charge in [0.2, 0.25) is 5.76 Å². The maximum absolute atomic E-state index is 12.6. The Kier molecular flexibility index (Phi) is 4.25. The number of ether oxygens (including phenoxy) is 1. The van der Waals surface area contributed by atoms with Crippen molar-refractivity contribution in [1.29, 1.82) is 0 Å². The van der Waals surface area contributed by atoms with Crippen LogP contribution in [0.25, 0.3) is 17.0 Å². The van der Waals surface area contributed by atoms with E-state index in [1.807, 2.05) is 0 Å². The first kappa shape index (κ1) is 15.7. The number of methoxy groups -OCH3 is 1. The average Bonchev–Trinajstić information content (AvgIpc) is 2.83. The topological polar surface area (TPSA) is 62.3 Å². The summed E-state index contributed by atoms with van der Waals surface area (Å²) in [5, 5.41) is 9.17. The number of carbonyl (C=O) groups is 1. The van der Waals surface area contributed by atoms with Gasteiger partial charge >= 0.3 is 12.1 Å². The summed E-state index contributed by atoms with van der Waals surface area (Å²) >= 11 is 0. The molecule has 116 valence electrons. The zero-order valence-electron chi connectivity index (χ0n) is 11.4. The fourth-order valence-corrected chi connectivity index (χ4v) is 1.89. The molecule has 4 nitrogen and oxygen atoms in total. The third-order valence-electron chi connectivity index (χ3n) is 2.92. The molecule has 22 heavy (non-hydrogen) atoms. The molecular formula is C15H12F3NO3. The Balaban J connectivity index is 2.28. The van der Waals surface area contributed by atoms with E-state index >= 15 is 0 Å². The van der Waals surface area contributed by atoms with Crippen LogP contribution >= 0.6 is 0 Å². The number of aromatic nitrogens is 1. The SMILES string of the molecule is CO/C(=C\C=C\c1cc2cc(C(F)(F)F)ccc2[nH]1)C(=O)O. The summed E-state index contributed by atoms with van der Waals surface area (Å²) in [5.41, 5.74) is 0.384. The predicted octanol–water partition coefficient (Wildman–Crippen LogP) is 3.81. The molecule has 0 aliphatic rings. The van der Waals surface area contributed by atoms with E-state index in [2.05, 4.69) is 9.72 Å². The number of alkyl halides is 3. The smallest absolute Gasteiger partial charge is 0.416 e. The molecule has 0 amide bonds. The summed E-state index contributed by atoms with van der Waals surface area (Å²) in [6.07, 6.45) is -0.175. The quantitative estimate of drug-likeness (QED) is 0.513. The molecular weight excluding hydrogens is 299 g/mol. The molecule has 2 rings (SSSR count). The van der Waals surface area contributed by atoms with Crippen LogP contribution < -0.4 is 0 Å². The monoisotopic (exact) mass is 311 g/mol. The Morgan fingerprint density at radius 2 is 2.05 bits per heavy atom. The van der Waals surface area contributed by atoms with E-state index in [1.54, 1.807) is 6.07 Å². The zero-order valence-corrected chi connectivity index (χ0v) is 11.4. The van der Waals surface area contributed by atoms with E-state index in [9.17, 15) is 18.0 Å². The molecule has 0 radical (unpaired) electrons. The molecule has 2 aromatic rings. The Labute approximate surface area is 123 Å². The fraction of sp³-hybridized carbons (Fsp3) is 0.133. The van der Waals surface area contributed by atoms with Gasteiger partial charge in [-0.2, -0.15) is 13.2 Å². The lowest BCUT2D eigenvalue weighted by Crippen LogP contribution is -2.03. The van der Waals surface area contributed by atoms with Crippen molar-refractivity contribution >= 4 is 22.9 Å². The molecule has 2 N–H and O–H groups in total. The van der Waals surface area contributed by atoms with Crippen molar-refractivity contribution in [2.24, 2.45) is 0 Å². The van der Waals surface area contributed by atoms with Crippen molar-refractivity contribution in [3.63, 3.8) is 0 Å². The Bertz CT molecular complexity index is 757. The van der Waals surface area contributed by atoms with Crippen LogP contribution in [0.3, 0.4) is 0 Å². The van der Waals surface area contributed by atoms with E-state index in [0.29, 0.717) is 16.6 Å². The van der Waals surface area contributed by atoms with Gasteiger partial charge < -0.3 is 14.8 Å². The average molecular weight is 311 g/mol. The molecule has 0 aliphatic heterocycles. The van der Waals surface area contributed by atoms with Crippen LogP contribution in [-0.4, -0.2) is 23.2 Å². The van der Waals surface area contributed by atoms with E-state index in [1.165, 1.54) is 31.4 Å². The first-order valence-corrected chi connectivity index (χ1v) is 6.17. The minimum Gasteiger partial charge on any atom is -0.490 e. The van der Waals surface area contributed by atoms with Gasteiger partial charge in [-0.05, 0) is 36.4 Å². The highest BCUT2D eigenvalue weighted by Gasteiger charge is 2.30. The molecule has 0 saturated carbocycles. The normalized spacial score (nSPS) is 13.0. The van der Waals surface area contributed by atoms with Crippen molar-refractivity contribution in [3.8, 4) is 0 Å². The fourth-order valence-electron chi connectivity index (χ4n) is 1.89. The van der Waals surface area contributed by atoms with Gasteiger partial charge in [0.05, 0.1) is 12.7 Å². The van der Waals surface area contributed by atoms with Crippen molar-refractivity contribution < 1.29 is 27.8 Å². The maximum Gasteiger partial charge on any atom is 0.416 e. The molecule has 0 fully saturated rings. The Morgan fingerprint density at radius 1 is 1.32 bits per heavy atom. The first-order valence-electron chi connectivity index (χ1n) is 6.17. The van der Waals surface area contributed by atoms with E-state index < -0.39 is 17.7 Å². The summed E-state index contributed by atoms with van der Waals surface area (Å²) < 4.78 is 42.5. The number of H-pyrrole nitrogens is 1. The summed E-state index contributed by atoms with van der Waals surface area (Å²) in [6, 6.07) is 4.95. The van der Waals surface area contributed by atoms with Gasteiger partial charge in [0.15, 0.2) is 0 Å². The first-order chi connectivity index (χ1) is 10.3. The number of halogens is 3. The molecule has 0 unspecified atom stereocenters. The minimum atomic E-state index is -4.39. The van der Waals surface area contributed by atoms with Gasteiger partial charge in [-0.15, -0.1) is 0 Å². The number of benzene rings is 1. The molecule has 7 heteroatoms. The molecule has 1 aromatic carbocycles. The molecule has 1 aromatic heterocycles. The van der Waals surface area contributed by atoms with Crippen LogP contribution in [0.2, 0.25) is 0 Å². The van der Waals surface area contributed by atoms with Gasteiger partial charge in [-0.3, -0.25) is 0 Å². The second-order valence-electron chi connectivity index (χ2n) is 4.42. The van der Waals surface area contributed by atoms with E-state index in [0.717, 1.165) is 12.1 Å². The Morgan fingerprint density at radius 3 is 2.64 bits per heavy atom. The van der Waals surface area contributed by atoms with Gasteiger partial charge in [0.1, 0.15) is 0 Å². The van der Waals surface area contributed by atoms with Gasteiger partial charge in [0, 0.05) is 16.6 Å². The second kappa shape index (κ2) is 5.97. The number of aromatic amines is 1. The zero-order chi connectivity index (χ0) is 16.3. The standard InChI is InChI=1S/C15H12F3NO3/c1-22-13(14(20)21)4-2-3-11-8-9-7-10(15(16,17)18)5-6-12(9)19-11/h2-8,19H,1H3,(H,20,21)/b3-2+,13-4-. The van der Waals surface area contributed by atoms with Crippen molar-refractivity contribution in [1.82, 2.24) is 4.98 Å². The second-order valence-corrected chi connectivity index (χ2v) is 4.42. The number of rotatable bonds is 4. The molecule has 0 bridgehead atoms. The maximum atomic E-state index is 12.6. The van der Waals surface area contributed by atoms with Gasteiger partial charge in [-0.1, -0.05) is 6.08 Å². The van der Waals surface area contributed by atoms with Crippen LogP contribution in [0.1, 0.15) is 11.3 Å². The van der Waals surface area contributed by atoms with Crippen LogP contribution in [0, 0.1) is 0 Å². The third kappa shape index (κ3) is 3.49. The summed E-state index contributed by atoms with van der Waals surface area (Å²) in [5.74, 6) is -1.45. The summed E-state index contributed by atoms with van der Waals surface area (Å²) in [7, 11) is 1.23. The van der Waals surface area contributed by atoms with Crippen LogP contribution in [0.15, 0.2) is 42.2 Å². The molecule has 0 saturated heterocycles. The van der Waals surface area contributed by atoms with Crippen LogP contribution in [0.5, 0.6) is 0 Å². The minimum absolute atomic E-state index is 0.244. The highest BCUT2D eigenvalue weighted by Crippen LogP contribution is 2.31. The lowest BCUT2D eigenvalue weighted by molar-refractivity contribution is -0.137. The van der Waals surface area contributed by atoms with Crippen molar-refractivity contribution in [2.75, 3.05) is 7.11 Å². The van der Waals surface area contributed by atoms with Gasteiger partial charge in [0.25, 0.3) is 0 Å². The highest BCUT2D eigenvalue weighted by atomic mass is 19.4. The van der Waals surface area contributed by atoms with Crippen LogP contribution in [-0.2, 0) is 15.7 Å². The molecule has 0 spiro atoms. The molecule has 0 atom stereocenters. The summed E-state index contributed by atoms with van der Waals surface area (Å²) in [4.78, 5) is 13.6. The largest absolute Gasteiger partial charge is 0.490 e. The summed E-state index contributed by atoms with van der Waals surface area (Å²) in [6.45, 7) is 0. The predicted molar refractivity (Wildman–Crippen MR) is 75.1 cm³/mol. The molecule has 1 heterocycles. The third-order valence-corrected chi connectivity index (χ3v) is 2.92. The number of allylic oxidation sites excluding steroid dienone is 2. The highest BCUT2D eigenvalue weighted by molar-refractivity contribution is 5.85. The number of aliphatic carboxylic acids is 1. The lowest BCUT2D eigenvalue weighted by Gasteiger charge is -2.05. The van der Waals surface area contributed by atoms with Crippen molar-refractivity contribution in [3.05, 3.63) is 53.4 Å². The number of carboxylic acid groups (broad SMARTS) is 1. The van der Waals surface area contributed by atoms with E-state index in [-0.39, 0.29) is 5.76 Å². The number of hydrogen-bond acceptors (Lipinski definition) is 2. The number of fused-ring (bicyclic) bond motifs is 1. The van der Waals surface area contributed by atoms with E-state index in [4.69, 9.17) is 5.11 Å².